The van der Waals surface area contributed by atoms with Crippen LogP contribution < -0.4 is 10.1 Å². The summed E-state index contributed by atoms with van der Waals surface area (Å²) in [7, 11) is 1.71. The number of hydrogen-bond acceptors (Lipinski definition) is 3. The minimum absolute atomic E-state index is 0.676. The number of pyridine rings is 1. The van der Waals surface area contributed by atoms with Crippen LogP contribution in [0, 0.1) is 5.92 Å². The predicted molar refractivity (Wildman–Crippen MR) is 77.4 cm³/mol. The first-order valence-corrected chi connectivity index (χ1v) is 7.29. The molecule has 2 heterocycles. The fourth-order valence-electron chi connectivity index (χ4n) is 2.72. The number of hydrogen-bond donors (Lipinski definition) is 1. The molecule has 1 saturated heterocycles. The minimum Gasteiger partial charge on any atom is -0.481 e. The predicted octanol–water partition coefficient (Wildman–Crippen LogP) is 2.98. The zero-order chi connectivity index (χ0) is 13.1. The Morgan fingerprint density at radius 3 is 2.74 bits per heavy atom. The quantitative estimate of drug-likeness (QED) is 0.901. The third kappa shape index (κ3) is 3.16. The van der Waals surface area contributed by atoms with Crippen LogP contribution in [-0.2, 0) is 0 Å². The Labute approximate surface area is 115 Å². The van der Waals surface area contributed by atoms with Gasteiger partial charge in [0.2, 0.25) is 5.88 Å². The molecule has 0 radical (unpaired) electrons. The molecule has 1 aromatic rings. The normalized spacial score (nSPS) is 20.9. The van der Waals surface area contributed by atoms with E-state index in [4.69, 9.17) is 4.74 Å². The maximum absolute atomic E-state index is 5.35. The molecule has 0 atom stereocenters. The van der Waals surface area contributed by atoms with Crippen molar-refractivity contribution in [3.8, 4) is 5.88 Å². The molecule has 1 aliphatic carbocycles. The number of nitrogens with zero attached hydrogens (tertiary/aromatic N) is 1. The topological polar surface area (TPSA) is 34.1 Å². The Hall–Kier alpha value is -1.35. The van der Waals surface area contributed by atoms with Gasteiger partial charge in [0, 0.05) is 11.8 Å². The van der Waals surface area contributed by atoms with Crippen molar-refractivity contribution < 1.29 is 4.74 Å². The van der Waals surface area contributed by atoms with Gasteiger partial charge >= 0.3 is 0 Å². The Bertz CT molecular complexity index is 460. The molecule has 0 amide bonds. The zero-order valence-electron chi connectivity index (χ0n) is 11.6. The van der Waals surface area contributed by atoms with E-state index in [-0.39, 0.29) is 0 Å². The highest BCUT2D eigenvalue weighted by molar-refractivity contribution is 5.52. The fourth-order valence-corrected chi connectivity index (χ4v) is 2.72. The van der Waals surface area contributed by atoms with Crippen LogP contribution in [0.15, 0.2) is 18.3 Å². The Morgan fingerprint density at radius 2 is 2.05 bits per heavy atom. The molecule has 0 unspecified atom stereocenters. The molecule has 1 aliphatic heterocycles. The van der Waals surface area contributed by atoms with Crippen LogP contribution in [-0.4, -0.2) is 25.2 Å². The van der Waals surface area contributed by atoms with Crippen molar-refractivity contribution in [1.29, 1.82) is 0 Å². The molecule has 1 aromatic heterocycles. The van der Waals surface area contributed by atoms with E-state index in [1.807, 2.05) is 6.20 Å². The summed E-state index contributed by atoms with van der Waals surface area (Å²) in [5, 5.41) is 3.40. The van der Waals surface area contributed by atoms with Crippen molar-refractivity contribution in [2.75, 3.05) is 20.2 Å². The summed E-state index contributed by atoms with van der Waals surface area (Å²) in [6, 6.07) is 2.25. The van der Waals surface area contributed by atoms with Crippen molar-refractivity contribution in [2.24, 2.45) is 5.92 Å². The number of ether oxygens (including phenoxy) is 1. The molecule has 102 valence electrons. The molecule has 3 nitrogen and oxygen atoms in total. The van der Waals surface area contributed by atoms with E-state index in [1.54, 1.807) is 7.11 Å². The van der Waals surface area contributed by atoms with Crippen LogP contribution >= 0.6 is 0 Å². The summed E-state index contributed by atoms with van der Waals surface area (Å²) in [6.07, 6.45) is 11.5. The lowest BCUT2D eigenvalue weighted by Gasteiger charge is -2.19. The minimum atomic E-state index is 0.676. The van der Waals surface area contributed by atoms with Gasteiger partial charge in [-0.15, -0.1) is 0 Å². The van der Waals surface area contributed by atoms with E-state index >= 15 is 0 Å². The lowest BCUT2D eigenvalue weighted by Crippen LogP contribution is -2.26. The summed E-state index contributed by atoms with van der Waals surface area (Å²) < 4.78 is 5.35. The standard InChI is InChI=1S/C16H22N2O/c1-19-16-15(14-4-5-14)10-13(11-18-16)3-2-12-6-8-17-9-7-12/h2-3,10-12,14,17H,4-9H2,1H3/b3-2+. The molecule has 2 fully saturated rings. The Balaban J connectivity index is 1.73. The maximum atomic E-state index is 5.35. The average Bonchev–Trinajstić information content (AvgIpc) is 3.30. The van der Waals surface area contributed by atoms with Gasteiger partial charge in [0.15, 0.2) is 0 Å². The van der Waals surface area contributed by atoms with Gasteiger partial charge in [0.25, 0.3) is 0 Å². The van der Waals surface area contributed by atoms with Crippen LogP contribution in [0.2, 0.25) is 0 Å². The van der Waals surface area contributed by atoms with E-state index < -0.39 is 0 Å². The van der Waals surface area contributed by atoms with Gasteiger partial charge in [-0.25, -0.2) is 4.98 Å². The van der Waals surface area contributed by atoms with Crippen molar-refractivity contribution in [2.45, 2.75) is 31.6 Å². The van der Waals surface area contributed by atoms with Gasteiger partial charge in [-0.2, -0.15) is 0 Å². The molecular formula is C16H22N2O. The summed E-state index contributed by atoms with van der Waals surface area (Å²) in [6.45, 7) is 2.28. The molecular weight excluding hydrogens is 236 g/mol. The lowest BCUT2D eigenvalue weighted by atomic mass is 9.97. The number of methoxy groups -OCH3 is 1. The second kappa shape index (κ2) is 5.74. The van der Waals surface area contributed by atoms with E-state index in [9.17, 15) is 0 Å². The largest absolute Gasteiger partial charge is 0.481 e. The molecule has 1 N–H and O–H groups in total. The van der Waals surface area contributed by atoms with Crippen molar-refractivity contribution >= 4 is 6.08 Å². The molecule has 0 spiro atoms. The van der Waals surface area contributed by atoms with E-state index in [2.05, 4.69) is 28.5 Å². The van der Waals surface area contributed by atoms with Crippen LogP contribution in [0.25, 0.3) is 6.08 Å². The van der Waals surface area contributed by atoms with Gasteiger partial charge in [0.1, 0.15) is 0 Å². The van der Waals surface area contributed by atoms with Gasteiger partial charge in [-0.1, -0.05) is 12.2 Å². The van der Waals surface area contributed by atoms with Gasteiger partial charge in [0.05, 0.1) is 7.11 Å². The molecule has 3 heteroatoms. The summed E-state index contributed by atoms with van der Waals surface area (Å²) >= 11 is 0. The van der Waals surface area contributed by atoms with Crippen molar-refractivity contribution in [3.63, 3.8) is 0 Å². The average molecular weight is 258 g/mol. The van der Waals surface area contributed by atoms with Crippen LogP contribution in [0.5, 0.6) is 5.88 Å². The molecule has 2 aliphatic rings. The van der Waals surface area contributed by atoms with Crippen LogP contribution in [0.4, 0.5) is 0 Å². The van der Waals surface area contributed by atoms with Gasteiger partial charge in [-0.3, -0.25) is 0 Å². The summed E-state index contributed by atoms with van der Waals surface area (Å²) in [5.74, 6) is 2.20. The van der Waals surface area contributed by atoms with E-state index in [0.717, 1.165) is 19.0 Å². The first-order valence-electron chi connectivity index (χ1n) is 7.29. The molecule has 0 bridgehead atoms. The van der Waals surface area contributed by atoms with Crippen molar-refractivity contribution in [1.82, 2.24) is 10.3 Å². The smallest absolute Gasteiger partial charge is 0.216 e. The SMILES string of the molecule is COc1ncc(/C=C/C2CCNCC2)cc1C1CC1. The molecule has 3 rings (SSSR count). The third-order valence-electron chi connectivity index (χ3n) is 4.06. The van der Waals surface area contributed by atoms with Gasteiger partial charge in [-0.05, 0) is 62.2 Å². The third-order valence-corrected chi connectivity index (χ3v) is 4.06. The highest BCUT2D eigenvalue weighted by Crippen LogP contribution is 2.43. The first-order chi connectivity index (χ1) is 9.36. The first kappa shape index (κ1) is 12.7. The Morgan fingerprint density at radius 1 is 1.26 bits per heavy atom. The number of nitrogens with one attached hydrogen (secondary N) is 1. The Kier molecular flexibility index (Phi) is 3.83. The van der Waals surface area contributed by atoms with E-state index in [1.165, 1.54) is 36.8 Å². The highest BCUT2D eigenvalue weighted by atomic mass is 16.5. The van der Waals surface area contributed by atoms with E-state index in [0.29, 0.717) is 11.8 Å². The monoisotopic (exact) mass is 258 g/mol. The second-order valence-electron chi connectivity index (χ2n) is 5.59. The van der Waals surface area contributed by atoms with Gasteiger partial charge < -0.3 is 10.1 Å². The summed E-state index contributed by atoms with van der Waals surface area (Å²) in [4.78, 5) is 4.44. The maximum Gasteiger partial charge on any atom is 0.216 e. The van der Waals surface area contributed by atoms with Crippen molar-refractivity contribution in [3.05, 3.63) is 29.5 Å². The van der Waals surface area contributed by atoms with Crippen LogP contribution in [0.3, 0.4) is 0 Å². The molecule has 19 heavy (non-hydrogen) atoms. The number of aromatic nitrogens is 1. The second-order valence-corrected chi connectivity index (χ2v) is 5.59. The fraction of sp³-hybridized carbons (Fsp3) is 0.562. The summed E-state index contributed by atoms with van der Waals surface area (Å²) in [5.41, 5.74) is 2.50. The molecule has 1 saturated carbocycles. The number of allylic oxidation sites excluding steroid dienone is 1. The molecule has 0 aromatic carbocycles. The number of piperidine rings is 1. The zero-order valence-corrected chi connectivity index (χ0v) is 11.6. The number of rotatable bonds is 4. The highest BCUT2D eigenvalue weighted by Gasteiger charge is 2.27. The lowest BCUT2D eigenvalue weighted by molar-refractivity contribution is 0.392. The van der Waals surface area contributed by atoms with Crippen LogP contribution in [0.1, 0.15) is 42.7 Å².